The van der Waals surface area contributed by atoms with Crippen LogP contribution in [0.25, 0.3) is 0 Å². The standard InChI is InChI=1S/C8H11ClN2O2/c1-3-5(2)11-7(9)6(4-10-11)8(12)13/h4-5H,3H2,1-2H3,(H,12,13). The molecular weight excluding hydrogens is 192 g/mol. The Balaban J connectivity index is 3.06. The summed E-state index contributed by atoms with van der Waals surface area (Å²) in [6.07, 6.45) is 2.14. The fourth-order valence-electron chi connectivity index (χ4n) is 0.971. The van der Waals surface area contributed by atoms with Gasteiger partial charge in [0.05, 0.1) is 12.2 Å². The molecule has 4 nitrogen and oxygen atoms in total. The second-order valence-corrected chi connectivity index (χ2v) is 3.21. The molecule has 1 aromatic rings. The Hall–Kier alpha value is -1.03. The summed E-state index contributed by atoms with van der Waals surface area (Å²) in [6, 6.07) is 0.126. The Morgan fingerprint density at radius 3 is 2.85 bits per heavy atom. The van der Waals surface area contributed by atoms with E-state index >= 15 is 0 Å². The molecule has 1 heterocycles. The van der Waals surface area contributed by atoms with E-state index in [1.807, 2.05) is 13.8 Å². The number of hydrogen-bond donors (Lipinski definition) is 1. The quantitative estimate of drug-likeness (QED) is 0.818. The third kappa shape index (κ3) is 1.83. The summed E-state index contributed by atoms with van der Waals surface area (Å²) in [5.74, 6) is -1.04. The molecule has 0 aliphatic rings. The van der Waals surface area contributed by atoms with Gasteiger partial charge in [-0.25, -0.2) is 4.79 Å². The van der Waals surface area contributed by atoms with Crippen LogP contribution in [0.2, 0.25) is 5.15 Å². The average molecular weight is 203 g/mol. The van der Waals surface area contributed by atoms with Gasteiger partial charge in [-0.05, 0) is 13.3 Å². The van der Waals surface area contributed by atoms with Crippen LogP contribution in [-0.2, 0) is 0 Å². The summed E-state index contributed by atoms with van der Waals surface area (Å²) < 4.78 is 1.52. The first-order valence-electron chi connectivity index (χ1n) is 4.04. The molecule has 0 amide bonds. The lowest BCUT2D eigenvalue weighted by atomic mass is 10.3. The van der Waals surface area contributed by atoms with Crippen molar-refractivity contribution in [1.29, 1.82) is 0 Å². The minimum atomic E-state index is -1.04. The molecule has 0 saturated carbocycles. The summed E-state index contributed by atoms with van der Waals surface area (Å²) >= 11 is 5.81. The highest BCUT2D eigenvalue weighted by Crippen LogP contribution is 2.21. The molecule has 1 unspecified atom stereocenters. The van der Waals surface area contributed by atoms with Crippen LogP contribution in [0.1, 0.15) is 36.7 Å². The Morgan fingerprint density at radius 2 is 2.46 bits per heavy atom. The topological polar surface area (TPSA) is 55.1 Å². The van der Waals surface area contributed by atoms with Crippen molar-refractivity contribution < 1.29 is 9.90 Å². The molecule has 5 heteroatoms. The second kappa shape index (κ2) is 3.79. The molecule has 13 heavy (non-hydrogen) atoms. The molecule has 0 radical (unpaired) electrons. The number of nitrogens with zero attached hydrogens (tertiary/aromatic N) is 2. The van der Waals surface area contributed by atoms with Gasteiger partial charge in [0, 0.05) is 0 Å². The zero-order valence-electron chi connectivity index (χ0n) is 7.49. The van der Waals surface area contributed by atoms with E-state index in [-0.39, 0.29) is 16.8 Å². The van der Waals surface area contributed by atoms with E-state index in [1.165, 1.54) is 10.9 Å². The zero-order chi connectivity index (χ0) is 10.0. The molecule has 0 aliphatic heterocycles. The molecule has 0 fully saturated rings. The third-order valence-corrected chi connectivity index (χ3v) is 2.35. The van der Waals surface area contributed by atoms with Crippen LogP contribution >= 0.6 is 11.6 Å². The lowest BCUT2D eigenvalue weighted by Gasteiger charge is -2.09. The molecule has 1 aromatic heterocycles. The van der Waals surface area contributed by atoms with Crippen LogP contribution in [0.4, 0.5) is 0 Å². The van der Waals surface area contributed by atoms with Gasteiger partial charge in [0.15, 0.2) is 0 Å². The predicted molar refractivity (Wildman–Crippen MR) is 49.2 cm³/mol. The molecule has 72 valence electrons. The lowest BCUT2D eigenvalue weighted by molar-refractivity contribution is 0.0697. The monoisotopic (exact) mass is 202 g/mol. The van der Waals surface area contributed by atoms with Gasteiger partial charge in [0.25, 0.3) is 0 Å². The highest BCUT2D eigenvalue weighted by molar-refractivity contribution is 6.32. The first kappa shape index (κ1) is 10.1. The minimum absolute atomic E-state index is 0.0574. The van der Waals surface area contributed by atoms with E-state index in [2.05, 4.69) is 5.10 Å². The molecule has 0 bridgehead atoms. The van der Waals surface area contributed by atoms with E-state index in [0.717, 1.165) is 6.42 Å². The molecule has 1 N–H and O–H groups in total. The molecule has 1 rings (SSSR count). The maximum absolute atomic E-state index is 10.6. The molecule has 0 aromatic carbocycles. The molecule has 0 saturated heterocycles. The van der Waals surface area contributed by atoms with Gasteiger partial charge in [-0.15, -0.1) is 0 Å². The zero-order valence-corrected chi connectivity index (χ0v) is 8.25. The largest absolute Gasteiger partial charge is 0.478 e. The highest BCUT2D eigenvalue weighted by atomic mass is 35.5. The summed E-state index contributed by atoms with van der Waals surface area (Å²) in [5, 5.41) is 12.8. The molecular formula is C8H11ClN2O2. The van der Waals surface area contributed by atoms with Crippen molar-refractivity contribution in [3.63, 3.8) is 0 Å². The van der Waals surface area contributed by atoms with Crippen LogP contribution in [0.15, 0.2) is 6.20 Å². The lowest BCUT2D eigenvalue weighted by Crippen LogP contribution is -2.06. The number of carboxylic acid groups (broad SMARTS) is 1. The first-order chi connectivity index (χ1) is 6.07. The van der Waals surface area contributed by atoms with E-state index in [4.69, 9.17) is 16.7 Å². The van der Waals surface area contributed by atoms with E-state index < -0.39 is 5.97 Å². The SMILES string of the molecule is CCC(C)n1ncc(C(=O)O)c1Cl. The van der Waals surface area contributed by atoms with E-state index in [9.17, 15) is 4.79 Å². The van der Waals surface area contributed by atoms with Crippen LogP contribution in [0.3, 0.4) is 0 Å². The number of aromatic carboxylic acids is 1. The smallest absolute Gasteiger partial charge is 0.340 e. The molecule has 0 spiro atoms. The number of hydrogen-bond acceptors (Lipinski definition) is 2. The Labute approximate surface area is 81.1 Å². The number of carbonyl (C=O) groups is 1. The Bertz CT molecular complexity index is 322. The minimum Gasteiger partial charge on any atom is -0.478 e. The highest BCUT2D eigenvalue weighted by Gasteiger charge is 2.16. The van der Waals surface area contributed by atoms with Gasteiger partial charge in [0.1, 0.15) is 10.7 Å². The van der Waals surface area contributed by atoms with Gasteiger partial charge in [-0.2, -0.15) is 5.10 Å². The first-order valence-corrected chi connectivity index (χ1v) is 4.42. The summed E-state index contributed by atoms with van der Waals surface area (Å²) in [4.78, 5) is 10.6. The maximum atomic E-state index is 10.6. The van der Waals surface area contributed by atoms with Crippen molar-refractivity contribution in [3.05, 3.63) is 16.9 Å². The summed E-state index contributed by atoms with van der Waals surface area (Å²) in [7, 11) is 0. The van der Waals surface area contributed by atoms with Gasteiger partial charge < -0.3 is 5.11 Å². The summed E-state index contributed by atoms with van der Waals surface area (Å²) in [6.45, 7) is 3.92. The third-order valence-electron chi connectivity index (χ3n) is 1.97. The van der Waals surface area contributed by atoms with Crippen LogP contribution in [-0.4, -0.2) is 20.9 Å². The van der Waals surface area contributed by atoms with Crippen molar-refractivity contribution in [2.75, 3.05) is 0 Å². The van der Waals surface area contributed by atoms with Crippen LogP contribution < -0.4 is 0 Å². The van der Waals surface area contributed by atoms with Crippen molar-refractivity contribution in [1.82, 2.24) is 9.78 Å². The number of carboxylic acids is 1. The van der Waals surface area contributed by atoms with Crippen molar-refractivity contribution in [3.8, 4) is 0 Å². The number of rotatable bonds is 3. The van der Waals surface area contributed by atoms with Gasteiger partial charge in [-0.1, -0.05) is 18.5 Å². The number of halogens is 1. The Morgan fingerprint density at radius 1 is 1.85 bits per heavy atom. The van der Waals surface area contributed by atoms with Crippen LogP contribution in [0.5, 0.6) is 0 Å². The predicted octanol–water partition coefficient (Wildman–Crippen LogP) is 2.21. The van der Waals surface area contributed by atoms with Gasteiger partial charge >= 0.3 is 5.97 Å². The molecule has 1 atom stereocenters. The van der Waals surface area contributed by atoms with Crippen LogP contribution in [0, 0.1) is 0 Å². The maximum Gasteiger partial charge on any atom is 0.340 e. The fourth-order valence-corrected chi connectivity index (χ4v) is 1.31. The molecule has 0 aliphatic carbocycles. The number of aromatic nitrogens is 2. The van der Waals surface area contributed by atoms with Crippen molar-refractivity contribution >= 4 is 17.6 Å². The second-order valence-electron chi connectivity index (χ2n) is 2.86. The summed E-state index contributed by atoms with van der Waals surface area (Å²) in [5.41, 5.74) is 0.0574. The average Bonchev–Trinajstić information content (AvgIpc) is 2.46. The van der Waals surface area contributed by atoms with Crippen molar-refractivity contribution in [2.24, 2.45) is 0 Å². The van der Waals surface area contributed by atoms with E-state index in [0.29, 0.717) is 0 Å². The van der Waals surface area contributed by atoms with Gasteiger partial charge in [-0.3, -0.25) is 4.68 Å². The fraction of sp³-hybridized carbons (Fsp3) is 0.500. The van der Waals surface area contributed by atoms with Crippen molar-refractivity contribution in [2.45, 2.75) is 26.3 Å². The van der Waals surface area contributed by atoms with Gasteiger partial charge in [0.2, 0.25) is 0 Å². The Kier molecular flexibility index (Phi) is 2.93. The van der Waals surface area contributed by atoms with E-state index in [1.54, 1.807) is 0 Å². The normalized spacial score (nSPS) is 12.8.